The van der Waals surface area contributed by atoms with Gasteiger partial charge in [-0.05, 0) is 24.3 Å². The highest BCUT2D eigenvalue weighted by atomic mass is 32.2. The average molecular weight is 252 g/mol. The molecule has 0 saturated carbocycles. The van der Waals surface area contributed by atoms with Crippen LogP contribution in [0.15, 0.2) is 18.2 Å². The van der Waals surface area contributed by atoms with Crippen molar-refractivity contribution in [3.8, 4) is 0 Å². The number of carboxylic acid groups (broad SMARTS) is 1. The number of anilines is 2. The maximum atomic E-state index is 11.2. The zero-order valence-electron chi connectivity index (χ0n) is 9.56. The minimum absolute atomic E-state index is 0.303. The lowest BCUT2D eigenvalue weighted by Crippen LogP contribution is -2.28. The van der Waals surface area contributed by atoms with E-state index in [-0.39, 0.29) is 0 Å². The number of hydrogen-bond acceptors (Lipinski definition) is 4. The Bertz CT molecular complexity index is 415. The van der Waals surface area contributed by atoms with Crippen LogP contribution < -0.4 is 10.6 Å². The standard InChI is InChI=1S/C12H16N2O2S/c13-10-4-1-3-9(12(15)16)11(10)14-5-2-7-17-8-6-14/h1,3-4H,2,5-8,13H2,(H,15,16). The summed E-state index contributed by atoms with van der Waals surface area (Å²) in [7, 11) is 0. The molecular weight excluding hydrogens is 236 g/mol. The molecule has 0 unspecified atom stereocenters. The molecule has 1 aliphatic heterocycles. The van der Waals surface area contributed by atoms with Crippen molar-refractivity contribution < 1.29 is 9.90 Å². The molecule has 1 aromatic rings. The lowest BCUT2D eigenvalue weighted by atomic mass is 10.1. The number of nitrogens with two attached hydrogens (primary N) is 1. The summed E-state index contributed by atoms with van der Waals surface area (Å²) in [6, 6.07) is 5.07. The van der Waals surface area contributed by atoms with E-state index >= 15 is 0 Å². The third kappa shape index (κ3) is 2.66. The van der Waals surface area contributed by atoms with Gasteiger partial charge in [-0.2, -0.15) is 11.8 Å². The fourth-order valence-electron chi connectivity index (χ4n) is 2.06. The molecule has 4 nitrogen and oxygen atoms in total. The molecular formula is C12H16N2O2S. The predicted molar refractivity (Wildman–Crippen MR) is 72.0 cm³/mol. The number of thioether (sulfide) groups is 1. The van der Waals surface area contributed by atoms with E-state index in [2.05, 4.69) is 4.90 Å². The van der Waals surface area contributed by atoms with Crippen molar-refractivity contribution in [2.75, 3.05) is 35.2 Å². The van der Waals surface area contributed by atoms with Gasteiger partial charge in [0.15, 0.2) is 0 Å². The number of carbonyl (C=O) groups is 1. The Morgan fingerprint density at radius 2 is 2.18 bits per heavy atom. The Kier molecular flexibility index (Phi) is 3.78. The summed E-state index contributed by atoms with van der Waals surface area (Å²) < 4.78 is 0. The van der Waals surface area contributed by atoms with Crippen molar-refractivity contribution in [1.29, 1.82) is 0 Å². The maximum absolute atomic E-state index is 11.2. The van der Waals surface area contributed by atoms with Crippen molar-refractivity contribution >= 4 is 29.1 Å². The number of aromatic carboxylic acids is 1. The summed E-state index contributed by atoms with van der Waals surface area (Å²) in [6.07, 6.45) is 1.07. The van der Waals surface area contributed by atoms with Crippen LogP contribution in [0, 0.1) is 0 Å². The number of rotatable bonds is 2. The first-order valence-electron chi connectivity index (χ1n) is 5.64. The first-order chi connectivity index (χ1) is 8.20. The van der Waals surface area contributed by atoms with Crippen LogP contribution in [0.3, 0.4) is 0 Å². The molecule has 0 aliphatic carbocycles. The highest BCUT2D eigenvalue weighted by molar-refractivity contribution is 7.99. The Balaban J connectivity index is 2.37. The first kappa shape index (κ1) is 12.1. The van der Waals surface area contributed by atoms with Gasteiger partial charge in [0.05, 0.1) is 16.9 Å². The van der Waals surface area contributed by atoms with Gasteiger partial charge in [-0.3, -0.25) is 0 Å². The Hall–Kier alpha value is -1.36. The molecule has 0 radical (unpaired) electrons. The topological polar surface area (TPSA) is 66.6 Å². The van der Waals surface area contributed by atoms with Crippen molar-refractivity contribution in [3.05, 3.63) is 23.8 Å². The van der Waals surface area contributed by atoms with E-state index in [4.69, 9.17) is 5.73 Å². The zero-order chi connectivity index (χ0) is 12.3. The highest BCUT2D eigenvalue weighted by Crippen LogP contribution is 2.29. The zero-order valence-corrected chi connectivity index (χ0v) is 10.4. The second-order valence-electron chi connectivity index (χ2n) is 4.00. The van der Waals surface area contributed by atoms with Crippen LogP contribution >= 0.6 is 11.8 Å². The summed E-state index contributed by atoms with van der Waals surface area (Å²) in [5.74, 6) is 1.24. The third-order valence-corrected chi connectivity index (χ3v) is 3.88. The summed E-state index contributed by atoms with van der Waals surface area (Å²) in [5, 5.41) is 9.20. The van der Waals surface area contributed by atoms with Gasteiger partial charge in [0.2, 0.25) is 0 Å². The van der Waals surface area contributed by atoms with Crippen molar-refractivity contribution in [3.63, 3.8) is 0 Å². The normalized spacial score (nSPS) is 16.6. The van der Waals surface area contributed by atoms with Crippen LogP contribution in [0.25, 0.3) is 0 Å². The van der Waals surface area contributed by atoms with Gasteiger partial charge < -0.3 is 15.7 Å². The Morgan fingerprint density at radius 3 is 2.94 bits per heavy atom. The molecule has 5 heteroatoms. The minimum Gasteiger partial charge on any atom is -0.478 e. The SMILES string of the molecule is Nc1cccc(C(=O)O)c1N1CCCSCC1. The monoisotopic (exact) mass is 252 g/mol. The highest BCUT2D eigenvalue weighted by Gasteiger charge is 2.19. The lowest BCUT2D eigenvalue weighted by Gasteiger charge is -2.25. The number of nitrogen functional groups attached to an aromatic ring is 1. The first-order valence-corrected chi connectivity index (χ1v) is 6.80. The van der Waals surface area contributed by atoms with E-state index in [1.54, 1.807) is 18.2 Å². The summed E-state index contributed by atoms with van der Waals surface area (Å²) >= 11 is 1.90. The molecule has 0 aromatic heterocycles. The van der Waals surface area contributed by atoms with Crippen LogP contribution in [0.1, 0.15) is 16.8 Å². The van der Waals surface area contributed by atoms with E-state index < -0.39 is 5.97 Å². The summed E-state index contributed by atoms with van der Waals surface area (Å²) in [4.78, 5) is 13.3. The van der Waals surface area contributed by atoms with Crippen LogP contribution in [-0.2, 0) is 0 Å². The predicted octanol–water partition coefficient (Wildman–Crippen LogP) is 1.91. The fourth-order valence-corrected chi connectivity index (χ4v) is 2.94. The Morgan fingerprint density at radius 1 is 1.35 bits per heavy atom. The van der Waals surface area contributed by atoms with Gasteiger partial charge in [0, 0.05) is 18.8 Å². The molecule has 1 aromatic carbocycles. The molecule has 2 rings (SSSR count). The van der Waals surface area contributed by atoms with E-state index in [0.717, 1.165) is 31.0 Å². The number of hydrogen-bond donors (Lipinski definition) is 2. The van der Waals surface area contributed by atoms with Crippen LogP contribution in [-0.4, -0.2) is 35.7 Å². The third-order valence-electron chi connectivity index (χ3n) is 2.84. The fraction of sp³-hybridized carbons (Fsp3) is 0.417. The molecule has 1 aliphatic rings. The number of nitrogens with zero attached hydrogens (tertiary/aromatic N) is 1. The molecule has 3 N–H and O–H groups in total. The van der Waals surface area contributed by atoms with Crippen molar-refractivity contribution in [2.45, 2.75) is 6.42 Å². The smallest absolute Gasteiger partial charge is 0.337 e. The number of carboxylic acids is 1. The van der Waals surface area contributed by atoms with Crippen LogP contribution in [0.5, 0.6) is 0 Å². The van der Waals surface area contributed by atoms with Gasteiger partial charge in [-0.1, -0.05) is 6.07 Å². The second-order valence-corrected chi connectivity index (χ2v) is 5.23. The van der Waals surface area contributed by atoms with E-state index in [1.807, 2.05) is 11.8 Å². The summed E-state index contributed by atoms with van der Waals surface area (Å²) in [6.45, 7) is 1.74. The number of para-hydroxylation sites is 1. The largest absolute Gasteiger partial charge is 0.478 e. The van der Waals surface area contributed by atoms with Crippen LogP contribution in [0.2, 0.25) is 0 Å². The van der Waals surface area contributed by atoms with Crippen molar-refractivity contribution in [1.82, 2.24) is 0 Å². The number of benzene rings is 1. The molecule has 0 amide bonds. The maximum Gasteiger partial charge on any atom is 0.337 e. The second kappa shape index (κ2) is 5.31. The van der Waals surface area contributed by atoms with E-state index in [9.17, 15) is 9.90 Å². The Labute approximate surface area is 105 Å². The molecule has 0 atom stereocenters. The van der Waals surface area contributed by atoms with Gasteiger partial charge >= 0.3 is 5.97 Å². The van der Waals surface area contributed by atoms with Crippen LogP contribution in [0.4, 0.5) is 11.4 Å². The molecule has 92 valence electrons. The molecule has 0 spiro atoms. The van der Waals surface area contributed by atoms with E-state index in [0.29, 0.717) is 16.9 Å². The van der Waals surface area contributed by atoms with Gasteiger partial charge in [0.25, 0.3) is 0 Å². The molecule has 17 heavy (non-hydrogen) atoms. The summed E-state index contributed by atoms with van der Waals surface area (Å²) in [5.41, 5.74) is 7.47. The molecule has 1 saturated heterocycles. The van der Waals surface area contributed by atoms with Gasteiger partial charge in [-0.25, -0.2) is 4.79 Å². The van der Waals surface area contributed by atoms with Crippen molar-refractivity contribution in [2.24, 2.45) is 0 Å². The van der Waals surface area contributed by atoms with E-state index in [1.165, 1.54) is 0 Å². The average Bonchev–Trinajstić information content (AvgIpc) is 2.57. The van der Waals surface area contributed by atoms with Gasteiger partial charge in [-0.15, -0.1) is 0 Å². The van der Waals surface area contributed by atoms with Gasteiger partial charge in [0.1, 0.15) is 0 Å². The molecule has 1 heterocycles. The quantitative estimate of drug-likeness (QED) is 0.787. The molecule has 1 fully saturated rings. The minimum atomic E-state index is -0.913. The molecule has 0 bridgehead atoms. The lowest BCUT2D eigenvalue weighted by molar-refractivity contribution is 0.0697.